The minimum atomic E-state index is -0.416. The molecule has 2 rings (SSSR count). The molecule has 2 aromatic rings. The van der Waals surface area contributed by atoms with E-state index in [1.54, 1.807) is 16.7 Å². The topological polar surface area (TPSA) is 60.9 Å². The molecule has 0 saturated heterocycles. The van der Waals surface area contributed by atoms with Gasteiger partial charge < -0.3 is 10.3 Å². The quantitative estimate of drug-likeness (QED) is 0.793. The molecule has 0 atom stereocenters. The van der Waals surface area contributed by atoms with Crippen LogP contribution < -0.4 is 11.3 Å². The first-order chi connectivity index (χ1) is 7.16. The number of hydrogen-bond donors (Lipinski definition) is 1. The number of halogens is 1. The van der Waals surface area contributed by atoms with Crippen molar-refractivity contribution in [2.45, 2.75) is 0 Å². The van der Waals surface area contributed by atoms with Crippen molar-refractivity contribution in [2.75, 3.05) is 5.73 Å². The molecule has 1 aromatic carbocycles. The lowest BCUT2D eigenvalue weighted by molar-refractivity contribution is 0.967. The van der Waals surface area contributed by atoms with Gasteiger partial charge in [0.1, 0.15) is 12.0 Å². The molecule has 0 spiro atoms. The summed E-state index contributed by atoms with van der Waals surface area (Å²) in [7, 11) is 0. The highest BCUT2D eigenvalue weighted by Crippen LogP contribution is 2.12. The molecule has 0 fully saturated rings. The van der Waals surface area contributed by atoms with E-state index in [4.69, 9.17) is 17.3 Å². The Kier molecular flexibility index (Phi) is 2.43. The summed E-state index contributed by atoms with van der Waals surface area (Å²) in [5.74, 6) is 0. The lowest BCUT2D eigenvalue weighted by Gasteiger charge is -2.05. The van der Waals surface area contributed by atoms with Crippen molar-refractivity contribution in [1.29, 1.82) is 0 Å². The lowest BCUT2D eigenvalue weighted by Crippen LogP contribution is -2.14. The molecule has 0 bridgehead atoms. The number of hydrogen-bond acceptors (Lipinski definition) is 3. The molecule has 76 valence electrons. The number of anilines is 1. The fraction of sp³-hybridized carbons (Fsp3) is 0. The van der Waals surface area contributed by atoms with Crippen LogP contribution in [0, 0.1) is 0 Å². The van der Waals surface area contributed by atoms with Crippen molar-refractivity contribution in [2.24, 2.45) is 0 Å². The summed E-state index contributed by atoms with van der Waals surface area (Å²) in [6.45, 7) is 0. The van der Waals surface area contributed by atoms with Gasteiger partial charge in [0, 0.05) is 16.9 Å². The van der Waals surface area contributed by atoms with E-state index in [1.807, 2.05) is 12.1 Å². The zero-order valence-corrected chi connectivity index (χ0v) is 8.48. The second-order valence-corrected chi connectivity index (χ2v) is 3.45. The first-order valence-electron chi connectivity index (χ1n) is 4.26. The predicted octanol–water partition coefficient (Wildman–Crippen LogP) is 1.47. The second-order valence-electron chi connectivity index (χ2n) is 3.02. The Bertz CT molecular complexity index is 533. The SMILES string of the molecule is Nc1cn(-c2ccc(Cl)cc2)cnc1=O. The molecule has 0 aliphatic carbocycles. The molecule has 1 aromatic heterocycles. The standard InChI is InChI=1S/C10H8ClN3O/c11-7-1-3-8(4-2-7)14-5-9(12)10(15)13-6-14/h1-6H,12H2. The van der Waals surface area contributed by atoms with E-state index < -0.39 is 5.56 Å². The molecule has 0 aliphatic heterocycles. The summed E-state index contributed by atoms with van der Waals surface area (Å²) >= 11 is 5.76. The van der Waals surface area contributed by atoms with Crippen LogP contribution in [0.15, 0.2) is 41.6 Å². The van der Waals surface area contributed by atoms with E-state index in [1.165, 1.54) is 12.5 Å². The van der Waals surface area contributed by atoms with Gasteiger partial charge >= 0.3 is 0 Å². The Balaban J connectivity index is 2.50. The summed E-state index contributed by atoms with van der Waals surface area (Å²) < 4.78 is 1.66. The highest BCUT2D eigenvalue weighted by Gasteiger charge is 1.98. The largest absolute Gasteiger partial charge is 0.393 e. The van der Waals surface area contributed by atoms with Gasteiger partial charge in [-0.25, -0.2) is 0 Å². The van der Waals surface area contributed by atoms with Gasteiger partial charge in [-0.3, -0.25) is 4.79 Å². The van der Waals surface area contributed by atoms with Gasteiger partial charge in [-0.05, 0) is 24.3 Å². The minimum Gasteiger partial charge on any atom is -0.393 e. The zero-order chi connectivity index (χ0) is 10.8. The van der Waals surface area contributed by atoms with Gasteiger partial charge in [-0.2, -0.15) is 4.98 Å². The molecule has 5 heteroatoms. The molecule has 0 radical (unpaired) electrons. The van der Waals surface area contributed by atoms with Gasteiger partial charge in [0.15, 0.2) is 0 Å². The predicted molar refractivity (Wildman–Crippen MR) is 59.3 cm³/mol. The van der Waals surface area contributed by atoms with Crippen LogP contribution in [0.3, 0.4) is 0 Å². The number of rotatable bonds is 1. The molecule has 0 aliphatic rings. The van der Waals surface area contributed by atoms with Crippen LogP contribution >= 0.6 is 11.6 Å². The summed E-state index contributed by atoms with van der Waals surface area (Å²) in [5, 5.41) is 0.653. The fourth-order valence-corrected chi connectivity index (χ4v) is 1.31. The zero-order valence-electron chi connectivity index (χ0n) is 7.72. The molecule has 1 heterocycles. The molecule has 2 N–H and O–H groups in total. The molecular formula is C10H8ClN3O. The summed E-state index contributed by atoms with van der Waals surface area (Å²) in [6.07, 6.45) is 2.94. The van der Waals surface area contributed by atoms with Crippen LogP contribution in [-0.4, -0.2) is 9.55 Å². The fourth-order valence-electron chi connectivity index (χ4n) is 1.18. The lowest BCUT2D eigenvalue weighted by atomic mass is 10.3. The van der Waals surface area contributed by atoms with Crippen LogP contribution in [0.2, 0.25) is 5.02 Å². The number of nitrogens with two attached hydrogens (primary N) is 1. The molecule has 0 amide bonds. The first kappa shape index (κ1) is 9.73. The Morgan fingerprint density at radius 3 is 2.53 bits per heavy atom. The molecule has 0 saturated carbocycles. The Hall–Kier alpha value is -1.81. The third-order valence-electron chi connectivity index (χ3n) is 1.95. The van der Waals surface area contributed by atoms with Crippen LogP contribution in [0.25, 0.3) is 5.69 Å². The Morgan fingerprint density at radius 1 is 1.27 bits per heavy atom. The van der Waals surface area contributed by atoms with Crippen LogP contribution in [0.1, 0.15) is 0 Å². The minimum absolute atomic E-state index is 0.118. The number of nitrogens with zero attached hydrogens (tertiary/aromatic N) is 2. The maximum absolute atomic E-state index is 11.0. The van der Waals surface area contributed by atoms with E-state index >= 15 is 0 Å². The average molecular weight is 222 g/mol. The van der Waals surface area contributed by atoms with Crippen molar-refractivity contribution in [3.63, 3.8) is 0 Å². The molecule has 0 unspecified atom stereocenters. The van der Waals surface area contributed by atoms with Crippen LogP contribution in [0.4, 0.5) is 5.69 Å². The van der Waals surface area contributed by atoms with E-state index in [9.17, 15) is 4.79 Å². The van der Waals surface area contributed by atoms with Crippen molar-refractivity contribution < 1.29 is 0 Å². The Labute approximate surface area is 90.9 Å². The van der Waals surface area contributed by atoms with E-state index in [2.05, 4.69) is 4.98 Å². The monoisotopic (exact) mass is 221 g/mol. The third kappa shape index (κ3) is 1.99. The highest BCUT2D eigenvalue weighted by atomic mass is 35.5. The second kappa shape index (κ2) is 3.74. The number of aromatic nitrogens is 2. The van der Waals surface area contributed by atoms with Gasteiger partial charge in [0.2, 0.25) is 0 Å². The first-order valence-corrected chi connectivity index (χ1v) is 4.64. The van der Waals surface area contributed by atoms with E-state index in [0.29, 0.717) is 5.02 Å². The average Bonchev–Trinajstić information content (AvgIpc) is 2.23. The highest BCUT2D eigenvalue weighted by molar-refractivity contribution is 6.30. The maximum atomic E-state index is 11.0. The summed E-state index contributed by atoms with van der Waals surface area (Å²) in [4.78, 5) is 14.6. The molecular weight excluding hydrogens is 214 g/mol. The maximum Gasteiger partial charge on any atom is 0.295 e. The summed E-state index contributed by atoms with van der Waals surface area (Å²) in [5.41, 5.74) is 6.01. The van der Waals surface area contributed by atoms with Gasteiger partial charge in [-0.1, -0.05) is 11.6 Å². The summed E-state index contributed by atoms with van der Waals surface area (Å²) in [6, 6.07) is 7.14. The van der Waals surface area contributed by atoms with Crippen molar-refractivity contribution >= 4 is 17.3 Å². The smallest absolute Gasteiger partial charge is 0.295 e. The van der Waals surface area contributed by atoms with Crippen LogP contribution in [0.5, 0.6) is 0 Å². The van der Waals surface area contributed by atoms with Crippen molar-refractivity contribution in [3.8, 4) is 5.69 Å². The van der Waals surface area contributed by atoms with Gasteiger partial charge in [0.05, 0.1) is 0 Å². The third-order valence-corrected chi connectivity index (χ3v) is 2.20. The van der Waals surface area contributed by atoms with Crippen molar-refractivity contribution in [1.82, 2.24) is 9.55 Å². The Morgan fingerprint density at radius 2 is 1.93 bits per heavy atom. The van der Waals surface area contributed by atoms with E-state index in [-0.39, 0.29) is 5.69 Å². The molecule has 15 heavy (non-hydrogen) atoms. The molecule has 4 nitrogen and oxygen atoms in total. The van der Waals surface area contributed by atoms with Crippen molar-refractivity contribution in [3.05, 3.63) is 52.2 Å². The number of nitrogen functional groups attached to an aromatic ring is 1. The van der Waals surface area contributed by atoms with Gasteiger partial charge in [-0.15, -0.1) is 0 Å². The number of benzene rings is 1. The van der Waals surface area contributed by atoms with E-state index in [0.717, 1.165) is 5.69 Å². The normalized spacial score (nSPS) is 10.2. The van der Waals surface area contributed by atoms with Gasteiger partial charge in [0.25, 0.3) is 5.56 Å². The van der Waals surface area contributed by atoms with Crippen LogP contribution in [-0.2, 0) is 0 Å².